The number of carbonyl (C=O) groups is 6. The number of benzene rings is 1. The molecule has 0 aliphatic carbocycles. The van der Waals surface area contributed by atoms with Gasteiger partial charge in [-0.3, -0.25) is 24.0 Å². The van der Waals surface area contributed by atoms with Crippen LogP contribution in [-0.4, -0.2) is 80.7 Å². The summed E-state index contributed by atoms with van der Waals surface area (Å²) in [4.78, 5) is 75.0. The van der Waals surface area contributed by atoms with Gasteiger partial charge in [0.25, 0.3) is 0 Å². The topological polar surface area (TPSA) is 247 Å². The molecule has 4 atom stereocenters. The van der Waals surface area contributed by atoms with E-state index in [-0.39, 0.29) is 25.0 Å². The summed E-state index contributed by atoms with van der Waals surface area (Å²) < 4.78 is 0. The van der Waals surface area contributed by atoms with E-state index < -0.39 is 66.2 Å². The second-order valence-electron chi connectivity index (χ2n) is 8.48. The number of hydrogen-bond acceptors (Lipinski definition) is 8. The number of fused-ring (bicyclic) bond motifs is 1. The van der Waals surface area contributed by atoms with Crippen LogP contribution < -0.4 is 27.4 Å². The Morgan fingerprint density at radius 2 is 1.53 bits per heavy atom. The average Bonchev–Trinajstić information content (AvgIpc) is 3.27. The molecule has 15 heteroatoms. The van der Waals surface area contributed by atoms with Gasteiger partial charge in [0, 0.05) is 35.7 Å². The smallest absolute Gasteiger partial charge is 0.326 e. The summed E-state index contributed by atoms with van der Waals surface area (Å²) in [6.07, 6.45) is 0.409. The van der Waals surface area contributed by atoms with Crippen molar-refractivity contribution < 1.29 is 39.0 Å². The lowest BCUT2D eigenvalue weighted by Crippen LogP contribution is -2.58. The molecule has 2 aromatic rings. The Hall–Kier alpha value is -4.11. The number of aromatic nitrogens is 1. The largest absolute Gasteiger partial charge is 0.481 e. The molecule has 0 fully saturated rings. The van der Waals surface area contributed by atoms with Crippen LogP contribution in [0.4, 0.5) is 0 Å². The van der Waals surface area contributed by atoms with E-state index in [1.165, 1.54) is 0 Å². The molecular formula is C23H30N6O8S. The summed E-state index contributed by atoms with van der Waals surface area (Å²) in [6.45, 7) is 0. The number of hydrogen-bond donors (Lipinski definition) is 9. The van der Waals surface area contributed by atoms with Gasteiger partial charge in [-0.25, -0.2) is 4.79 Å². The number of amides is 4. The number of H-pyrrole nitrogens is 1. The summed E-state index contributed by atoms with van der Waals surface area (Å²) in [5.41, 5.74) is 12.1. The molecule has 38 heavy (non-hydrogen) atoms. The van der Waals surface area contributed by atoms with E-state index in [9.17, 15) is 39.0 Å². The maximum absolute atomic E-state index is 12.9. The van der Waals surface area contributed by atoms with Crippen LogP contribution in [0.25, 0.3) is 10.9 Å². The highest BCUT2D eigenvalue weighted by Crippen LogP contribution is 2.19. The van der Waals surface area contributed by atoms with E-state index in [1.807, 2.05) is 0 Å². The molecule has 0 aliphatic rings. The molecule has 0 radical (unpaired) electrons. The Bertz CT molecular complexity index is 1200. The molecule has 0 saturated carbocycles. The fourth-order valence-corrected chi connectivity index (χ4v) is 3.81. The number of thiol groups is 1. The third-order valence-corrected chi connectivity index (χ3v) is 5.94. The van der Waals surface area contributed by atoms with Crippen molar-refractivity contribution in [3.05, 3.63) is 36.0 Å². The summed E-state index contributed by atoms with van der Waals surface area (Å²) in [5, 5.41) is 26.5. The van der Waals surface area contributed by atoms with Crippen LogP contribution in [0.2, 0.25) is 0 Å². The highest BCUT2D eigenvalue weighted by molar-refractivity contribution is 7.80. The summed E-state index contributed by atoms with van der Waals surface area (Å²) in [6, 6.07) is 1.59. The van der Waals surface area contributed by atoms with Crippen LogP contribution >= 0.6 is 12.6 Å². The molecule has 4 amide bonds. The predicted molar refractivity (Wildman–Crippen MR) is 138 cm³/mol. The Labute approximate surface area is 222 Å². The van der Waals surface area contributed by atoms with Crippen LogP contribution in [0.15, 0.2) is 30.5 Å². The van der Waals surface area contributed by atoms with Gasteiger partial charge < -0.3 is 42.6 Å². The average molecular weight is 551 g/mol. The lowest BCUT2D eigenvalue weighted by atomic mass is 10.0. The minimum atomic E-state index is -1.66. The molecule has 0 spiro atoms. The third kappa shape index (κ3) is 8.77. The van der Waals surface area contributed by atoms with Gasteiger partial charge in [-0.1, -0.05) is 18.2 Å². The molecule has 1 aromatic carbocycles. The predicted octanol–water partition coefficient (Wildman–Crippen LogP) is -1.75. The first kappa shape index (κ1) is 30.1. The molecule has 4 unspecified atom stereocenters. The van der Waals surface area contributed by atoms with Gasteiger partial charge in [0.05, 0.1) is 12.5 Å². The van der Waals surface area contributed by atoms with Gasteiger partial charge in [0.1, 0.15) is 18.1 Å². The van der Waals surface area contributed by atoms with E-state index >= 15 is 0 Å². The lowest BCUT2D eigenvalue weighted by molar-refractivity contribution is -0.143. The summed E-state index contributed by atoms with van der Waals surface area (Å²) in [7, 11) is 0. The minimum absolute atomic E-state index is 0.0703. The number of carboxylic acid groups (broad SMARTS) is 2. The van der Waals surface area contributed by atoms with Gasteiger partial charge in [-0.15, -0.1) is 0 Å². The molecule has 0 saturated heterocycles. The standard InChI is InChI=1S/C23H30N6O8S/c24-13(5-6-18(25)30)20(33)29-17(10-38)22(35)27-15(8-19(31)32)21(34)28-16(23(36)37)7-11-9-26-14-4-2-1-3-12(11)14/h1-4,9,13,15-17,26,38H,5-8,10,24H2,(H2,25,30)(H,27,35)(H,28,34)(H,29,33)(H,31,32)(H,36,37). The quantitative estimate of drug-likeness (QED) is 0.114. The van der Waals surface area contributed by atoms with Crippen molar-refractivity contribution in [1.82, 2.24) is 20.9 Å². The summed E-state index contributed by atoms with van der Waals surface area (Å²) in [5.74, 6) is -6.48. The number of rotatable bonds is 15. The lowest BCUT2D eigenvalue weighted by Gasteiger charge is -2.23. The molecule has 1 heterocycles. The third-order valence-electron chi connectivity index (χ3n) is 5.58. The van der Waals surface area contributed by atoms with Crippen molar-refractivity contribution in [2.75, 3.05) is 5.75 Å². The van der Waals surface area contributed by atoms with Crippen molar-refractivity contribution >= 4 is 59.1 Å². The zero-order valence-electron chi connectivity index (χ0n) is 20.2. The Kier molecular flexibility index (Phi) is 11.1. The number of primary amides is 1. The molecule has 206 valence electrons. The highest BCUT2D eigenvalue weighted by atomic mass is 32.1. The van der Waals surface area contributed by atoms with E-state index in [4.69, 9.17) is 11.5 Å². The van der Waals surface area contributed by atoms with Crippen LogP contribution in [0.5, 0.6) is 0 Å². The van der Waals surface area contributed by atoms with Gasteiger partial charge in [0.15, 0.2) is 0 Å². The van der Waals surface area contributed by atoms with Gasteiger partial charge >= 0.3 is 11.9 Å². The number of para-hydroxylation sites is 1. The normalized spacial score (nSPS) is 14.1. The first-order valence-electron chi connectivity index (χ1n) is 11.5. The van der Waals surface area contributed by atoms with Crippen molar-refractivity contribution in [3.63, 3.8) is 0 Å². The molecule has 0 bridgehead atoms. The molecule has 0 aliphatic heterocycles. The van der Waals surface area contributed by atoms with E-state index in [0.29, 0.717) is 5.56 Å². The molecule has 10 N–H and O–H groups in total. The molecular weight excluding hydrogens is 520 g/mol. The second-order valence-corrected chi connectivity index (χ2v) is 8.84. The molecule has 1 aromatic heterocycles. The minimum Gasteiger partial charge on any atom is -0.481 e. The first-order chi connectivity index (χ1) is 17.9. The number of nitrogens with two attached hydrogens (primary N) is 2. The fraction of sp³-hybridized carbons (Fsp3) is 0.391. The number of carbonyl (C=O) groups excluding carboxylic acids is 4. The number of nitrogens with one attached hydrogen (secondary N) is 4. The first-order valence-corrected chi connectivity index (χ1v) is 12.1. The fourth-order valence-electron chi connectivity index (χ4n) is 3.55. The molecule has 2 rings (SSSR count). The van der Waals surface area contributed by atoms with Crippen LogP contribution in [0.3, 0.4) is 0 Å². The number of aliphatic carboxylic acids is 2. The van der Waals surface area contributed by atoms with Crippen molar-refractivity contribution in [2.24, 2.45) is 11.5 Å². The molecule has 14 nitrogen and oxygen atoms in total. The second kappa shape index (κ2) is 14.0. The SMILES string of the molecule is NC(=O)CCC(N)C(=O)NC(CS)C(=O)NC(CC(=O)O)C(=O)NC(Cc1c[nH]c2ccccc12)C(=O)O. The maximum Gasteiger partial charge on any atom is 0.326 e. The van der Waals surface area contributed by atoms with Crippen molar-refractivity contribution in [2.45, 2.75) is 49.9 Å². The monoisotopic (exact) mass is 550 g/mol. The van der Waals surface area contributed by atoms with E-state index in [1.54, 1.807) is 30.5 Å². The highest BCUT2D eigenvalue weighted by Gasteiger charge is 2.31. The Morgan fingerprint density at radius 1 is 0.921 bits per heavy atom. The Morgan fingerprint density at radius 3 is 2.13 bits per heavy atom. The Balaban J connectivity index is 2.10. The maximum atomic E-state index is 12.9. The van der Waals surface area contributed by atoms with Crippen molar-refractivity contribution in [3.8, 4) is 0 Å². The van der Waals surface area contributed by atoms with Crippen molar-refractivity contribution in [1.29, 1.82) is 0 Å². The van der Waals surface area contributed by atoms with Gasteiger partial charge in [-0.2, -0.15) is 12.6 Å². The van der Waals surface area contributed by atoms with Crippen LogP contribution in [-0.2, 0) is 35.2 Å². The van der Waals surface area contributed by atoms with Crippen LogP contribution in [0.1, 0.15) is 24.8 Å². The summed E-state index contributed by atoms with van der Waals surface area (Å²) >= 11 is 4.00. The zero-order valence-corrected chi connectivity index (χ0v) is 21.1. The van der Waals surface area contributed by atoms with Gasteiger partial charge in [0.2, 0.25) is 23.6 Å². The van der Waals surface area contributed by atoms with E-state index in [2.05, 4.69) is 33.6 Å². The van der Waals surface area contributed by atoms with Gasteiger partial charge in [-0.05, 0) is 18.1 Å². The van der Waals surface area contributed by atoms with Crippen LogP contribution in [0, 0.1) is 0 Å². The van der Waals surface area contributed by atoms with E-state index in [0.717, 1.165) is 10.9 Å². The number of aromatic amines is 1. The zero-order chi connectivity index (χ0) is 28.4. The number of carboxylic acids is 2.